The molecule has 8 nitrogen and oxygen atoms in total. The lowest BCUT2D eigenvalue weighted by Crippen LogP contribution is -2.25. The van der Waals surface area contributed by atoms with Gasteiger partial charge in [-0.3, -0.25) is 24.1 Å². The van der Waals surface area contributed by atoms with E-state index in [0.29, 0.717) is 35.0 Å². The summed E-state index contributed by atoms with van der Waals surface area (Å²) in [6.07, 6.45) is 0.300. The number of anilines is 2. The van der Waals surface area contributed by atoms with Crippen LogP contribution < -0.4 is 10.2 Å². The fourth-order valence-corrected chi connectivity index (χ4v) is 3.82. The van der Waals surface area contributed by atoms with Crippen molar-refractivity contribution in [1.82, 2.24) is 4.98 Å². The Morgan fingerprint density at radius 3 is 2.62 bits per heavy atom. The van der Waals surface area contributed by atoms with Crippen molar-refractivity contribution in [3.05, 3.63) is 40.9 Å². The van der Waals surface area contributed by atoms with E-state index in [0.717, 1.165) is 6.42 Å². The Balaban J connectivity index is 1.54. The summed E-state index contributed by atoms with van der Waals surface area (Å²) in [5, 5.41) is 4.92. The number of carbonyl (C=O) groups is 4. The molecule has 2 amide bonds. The van der Waals surface area contributed by atoms with E-state index in [-0.39, 0.29) is 24.0 Å². The first-order valence-electron chi connectivity index (χ1n) is 9.19. The second kappa shape index (κ2) is 8.95. The molecule has 9 heteroatoms. The van der Waals surface area contributed by atoms with Gasteiger partial charge in [0.05, 0.1) is 12.1 Å². The van der Waals surface area contributed by atoms with Gasteiger partial charge in [-0.15, -0.1) is 11.3 Å². The van der Waals surface area contributed by atoms with Crippen LogP contribution in [0.4, 0.5) is 10.8 Å². The molecule has 1 aliphatic heterocycles. The van der Waals surface area contributed by atoms with Crippen LogP contribution in [0, 0.1) is 0 Å². The van der Waals surface area contributed by atoms with Gasteiger partial charge in [0, 0.05) is 36.5 Å². The first-order valence-corrected chi connectivity index (χ1v) is 10.1. The third kappa shape index (κ3) is 5.26. The number of rotatable bonds is 7. The number of carbonyl (C=O) groups excluding carboxylic acids is 4. The number of amides is 2. The smallest absolute Gasteiger partial charge is 0.312 e. The molecule has 1 fully saturated rings. The molecular weight excluding hydrogens is 394 g/mol. The fourth-order valence-electron chi connectivity index (χ4n) is 2.95. The Labute approximate surface area is 171 Å². The monoisotopic (exact) mass is 415 g/mol. The van der Waals surface area contributed by atoms with Gasteiger partial charge in [-0.1, -0.05) is 0 Å². The third-order valence-corrected chi connectivity index (χ3v) is 5.25. The minimum atomic E-state index is -0.951. The predicted octanol–water partition coefficient (Wildman–Crippen LogP) is 2.59. The molecule has 0 unspecified atom stereocenters. The second-order valence-electron chi connectivity index (χ2n) is 6.70. The topological polar surface area (TPSA) is 106 Å². The zero-order valence-corrected chi connectivity index (χ0v) is 17.0. The van der Waals surface area contributed by atoms with Crippen LogP contribution in [0.3, 0.4) is 0 Å². The lowest BCUT2D eigenvalue weighted by Gasteiger charge is -2.12. The van der Waals surface area contributed by atoms with Crippen LogP contribution >= 0.6 is 11.3 Å². The van der Waals surface area contributed by atoms with E-state index >= 15 is 0 Å². The van der Waals surface area contributed by atoms with Crippen molar-refractivity contribution in [2.75, 3.05) is 16.8 Å². The molecule has 1 aromatic carbocycles. The number of aromatic nitrogens is 1. The van der Waals surface area contributed by atoms with Gasteiger partial charge in [0.25, 0.3) is 0 Å². The quantitative estimate of drug-likeness (QED) is 0.550. The van der Waals surface area contributed by atoms with Gasteiger partial charge in [-0.2, -0.15) is 0 Å². The average Bonchev–Trinajstić information content (AvgIpc) is 3.29. The summed E-state index contributed by atoms with van der Waals surface area (Å²) in [4.78, 5) is 53.4. The molecule has 2 heterocycles. The normalized spacial score (nSPS) is 14.6. The number of hydrogen-bond acceptors (Lipinski definition) is 7. The maximum absolute atomic E-state index is 12.5. The minimum absolute atomic E-state index is 0.0391. The van der Waals surface area contributed by atoms with Crippen molar-refractivity contribution >= 4 is 45.7 Å². The summed E-state index contributed by atoms with van der Waals surface area (Å²) in [7, 11) is 0. The number of hydrogen-bond donors (Lipinski definition) is 1. The van der Waals surface area contributed by atoms with Crippen molar-refractivity contribution in [3.63, 3.8) is 0 Å². The molecule has 1 saturated heterocycles. The van der Waals surface area contributed by atoms with Gasteiger partial charge in [0.1, 0.15) is 0 Å². The van der Waals surface area contributed by atoms with E-state index in [1.165, 1.54) is 25.2 Å². The summed E-state index contributed by atoms with van der Waals surface area (Å²) < 4.78 is 5.25. The molecule has 0 aliphatic carbocycles. The number of Topliss-reactive ketones (excluding diaryl/α,β-unsaturated/α-hetero) is 1. The predicted molar refractivity (Wildman–Crippen MR) is 108 cm³/mol. The maximum atomic E-state index is 12.5. The van der Waals surface area contributed by atoms with Gasteiger partial charge >= 0.3 is 5.97 Å². The van der Waals surface area contributed by atoms with Gasteiger partial charge in [-0.05, 0) is 37.6 Å². The van der Waals surface area contributed by atoms with Crippen molar-refractivity contribution < 1.29 is 23.9 Å². The summed E-state index contributed by atoms with van der Waals surface area (Å²) in [6, 6.07) is 6.36. The molecule has 1 aromatic heterocycles. The molecule has 1 N–H and O–H groups in total. The van der Waals surface area contributed by atoms with E-state index in [4.69, 9.17) is 4.74 Å². The number of thiazole rings is 1. The molecule has 0 saturated carbocycles. The average molecular weight is 415 g/mol. The number of nitrogens with zero attached hydrogens (tertiary/aromatic N) is 2. The molecule has 0 bridgehead atoms. The Bertz CT molecular complexity index is 938. The van der Waals surface area contributed by atoms with Crippen LogP contribution in [-0.2, 0) is 25.5 Å². The van der Waals surface area contributed by atoms with Crippen LogP contribution in [0.5, 0.6) is 0 Å². The second-order valence-corrected chi connectivity index (χ2v) is 7.54. The zero-order chi connectivity index (χ0) is 21.0. The summed E-state index contributed by atoms with van der Waals surface area (Å²) in [6.45, 7) is 3.55. The Morgan fingerprint density at radius 2 is 2.00 bits per heavy atom. The van der Waals surface area contributed by atoms with Crippen LogP contribution in [0.2, 0.25) is 0 Å². The highest BCUT2D eigenvalue weighted by Crippen LogP contribution is 2.25. The zero-order valence-electron chi connectivity index (χ0n) is 16.1. The number of nitrogens with one attached hydrogen (secondary N) is 1. The maximum Gasteiger partial charge on any atom is 0.312 e. The fraction of sp³-hybridized carbons (Fsp3) is 0.350. The van der Waals surface area contributed by atoms with Crippen molar-refractivity contribution in [2.45, 2.75) is 39.2 Å². The number of ether oxygens (including phenoxy) is 1. The highest BCUT2D eigenvalue weighted by atomic mass is 32.1. The van der Waals surface area contributed by atoms with Gasteiger partial charge in [-0.25, -0.2) is 4.98 Å². The largest absolute Gasteiger partial charge is 0.454 e. The Morgan fingerprint density at radius 1 is 1.28 bits per heavy atom. The molecule has 152 valence electrons. The molecule has 1 atom stereocenters. The van der Waals surface area contributed by atoms with Crippen LogP contribution in [0.25, 0.3) is 0 Å². The molecular formula is C20H21N3O5S. The Kier molecular flexibility index (Phi) is 6.38. The minimum Gasteiger partial charge on any atom is -0.454 e. The summed E-state index contributed by atoms with van der Waals surface area (Å²) in [5.74, 6) is -1.07. The van der Waals surface area contributed by atoms with Gasteiger partial charge in [0.15, 0.2) is 11.2 Å². The molecule has 3 rings (SSSR count). The van der Waals surface area contributed by atoms with Crippen LogP contribution in [-0.4, -0.2) is 41.2 Å². The Hall–Kier alpha value is -3.07. The standard InChI is InChI=1S/C20H21N3O5S/c1-12(19(27)14-5-7-15(8-6-14)21-13(2)24)28-18(26)10-16-11-29-20(22-16)23-9-3-4-17(23)25/h5-8,11-12H,3-4,9-10H2,1-2H3,(H,21,24)/t12-/m1/s1. The highest BCUT2D eigenvalue weighted by Gasteiger charge is 2.25. The molecule has 0 spiro atoms. The van der Waals surface area contributed by atoms with Crippen LogP contribution in [0.15, 0.2) is 29.6 Å². The number of benzene rings is 1. The lowest BCUT2D eigenvalue weighted by atomic mass is 10.1. The summed E-state index contributed by atoms with van der Waals surface area (Å²) in [5.41, 5.74) is 1.46. The van der Waals surface area contributed by atoms with E-state index in [1.54, 1.807) is 34.5 Å². The highest BCUT2D eigenvalue weighted by molar-refractivity contribution is 7.14. The molecule has 1 aliphatic rings. The third-order valence-electron chi connectivity index (χ3n) is 4.34. The first-order chi connectivity index (χ1) is 13.8. The van der Waals surface area contributed by atoms with E-state index in [1.807, 2.05) is 0 Å². The van der Waals surface area contributed by atoms with E-state index in [9.17, 15) is 19.2 Å². The van der Waals surface area contributed by atoms with Crippen molar-refractivity contribution in [1.29, 1.82) is 0 Å². The number of esters is 1. The van der Waals surface area contributed by atoms with Gasteiger partial charge in [0.2, 0.25) is 17.6 Å². The molecule has 0 radical (unpaired) electrons. The molecule has 2 aromatic rings. The van der Waals surface area contributed by atoms with Crippen LogP contribution in [0.1, 0.15) is 42.7 Å². The van der Waals surface area contributed by atoms with E-state index in [2.05, 4.69) is 10.3 Å². The van der Waals surface area contributed by atoms with Crippen molar-refractivity contribution in [3.8, 4) is 0 Å². The number of ketones is 1. The van der Waals surface area contributed by atoms with Gasteiger partial charge < -0.3 is 10.1 Å². The van der Waals surface area contributed by atoms with Crippen molar-refractivity contribution in [2.24, 2.45) is 0 Å². The lowest BCUT2D eigenvalue weighted by molar-refractivity contribution is -0.145. The SMILES string of the molecule is CC(=O)Nc1ccc(C(=O)[C@@H](C)OC(=O)Cc2csc(N3CCCC3=O)n2)cc1. The van der Waals surface area contributed by atoms with E-state index < -0.39 is 12.1 Å². The summed E-state index contributed by atoms with van der Waals surface area (Å²) >= 11 is 1.31. The molecule has 29 heavy (non-hydrogen) atoms. The first kappa shape index (κ1) is 20.7.